The average Bonchev–Trinajstić information content (AvgIpc) is 3.16. The first-order valence-electron chi connectivity index (χ1n) is 7.64. The molecule has 26 heavy (non-hydrogen) atoms. The van der Waals surface area contributed by atoms with Gasteiger partial charge >= 0.3 is 0 Å². The predicted octanol–water partition coefficient (Wildman–Crippen LogP) is 3.15. The zero-order valence-electron chi connectivity index (χ0n) is 13.5. The number of sulfonamides is 1. The van der Waals surface area contributed by atoms with E-state index >= 15 is 0 Å². The van der Waals surface area contributed by atoms with Crippen LogP contribution in [0, 0.1) is 5.82 Å². The van der Waals surface area contributed by atoms with Crippen molar-refractivity contribution in [3.63, 3.8) is 0 Å². The van der Waals surface area contributed by atoms with Crippen LogP contribution in [-0.2, 0) is 16.6 Å². The van der Waals surface area contributed by atoms with Crippen molar-refractivity contribution in [3.05, 3.63) is 84.1 Å². The molecule has 3 aromatic rings. The van der Waals surface area contributed by atoms with Crippen molar-refractivity contribution in [2.75, 3.05) is 5.32 Å². The third-order valence-corrected chi connectivity index (χ3v) is 4.95. The molecule has 6 nitrogen and oxygen atoms in total. The highest BCUT2D eigenvalue weighted by Crippen LogP contribution is 2.20. The van der Waals surface area contributed by atoms with Crippen molar-refractivity contribution in [1.29, 1.82) is 0 Å². The zero-order valence-corrected chi connectivity index (χ0v) is 14.3. The molecule has 0 unspecified atom stereocenters. The summed E-state index contributed by atoms with van der Waals surface area (Å²) in [5.41, 5.74) is 0.257. The Morgan fingerprint density at radius 1 is 1.04 bits per heavy atom. The molecule has 0 saturated heterocycles. The van der Waals surface area contributed by atoms with Gasteiger partial charge in [0.2, 0.25) is 10.0 Å². The minimum absolute atomic E-state index is 0.0521. The summed E-state index contributed by atoms with van der Waals surface area (Å²) in [5, 5.41) is 2.42. The van der Waals surface area contributed by atoms with E-state index in [1.807, 2.05) is 0 Å². The molecule has 2 N–H and O–H groups in total. The van der Waals surface area contributed by atoms with Crippen LogP contribution < -0.4 is 10.0 Å². The van der Waals surface area contributed by atoms with E-state index in [-0.39, 0.29) is 17.1 Å². The Bertz CT molecular complexity index is 1000. The number of benzene rings is 2. The molecule has 0 spiro atoms. The molecule has 134 valence electrons. The average molecular weight is 374 g/mol. The summed E-state index contributed by atoms with van der Waals surface area (Å²) in [6.45, 7) is -0.0521. The van der Waals surface area contributed by atoms with Crippen LogP contribution in [0.5, 0.6) is 0 Å². The van der Waals surface area contributed by atoms with Crippen molar-refractivity contribution in [2.45, 2.75) is 11.4 Å². The maximum Gasteiger partial charge on any atom is 0.255 e. The molecular weight excluding hydrogens is 359 g/mol. The second kappa shape index (κ2) is 7.51. The molecular formula is C18H15FN2O4S. The van der Waals surface area contributed by atoms with E-state index in [0.717, 1.165) is 6.07 Å². The number of hydrogen-bond donors (Lipinski definition) is 2. The van der Waals surface area contributed by atoms with E-state index < -0.39 is 21.7 Å². The van der Waals surface area contributed by atoms with Crippen LogP contribution in [0.3, 0.4) is 0 Å². The Labute approximate surface area is 149 Å². The second-order valence-corrected chi connectivity index (χ2v) is 7.13. The minimum Gasteiger partial charge on any atom is -0.468 e. The van der Waals surface area contributed by atoms with Crippen LogP contribution in [0.1, 0.15) is 16.1 Å². The van der Waals surface area contributed by atoms with Crippen LogP contribution >= 0.6 is 0 Å². The van der Waals surface area contributed by atoms with Gasteiger partial charge in [-0.15, -0.1) is 0 Å². The predicted molar refractivity (Wildman–Crippen MR) is 93.5 cm³/mol. The summed E-state index contributed by atoms with van der Waals surface area (Å²) in [7, 11) is -3.92. The van der Waals surface area contributed by atoms with Gasteiger partial charge in [-0.3, -0.25) is 4.79 Å². The van der Waals surface area contributed by atoms with E-state index in [1.54, 1.807) is 42.5 Å². The quantitative estimate of drug-likeness (QED) is 0.694. The maximum absolute atomic E-state index is 14.2. The molecule has 0 aliphatic rings. The van der Waals surface area contributed by atoms with Gasteiger partial charge in [0.1, 0.15) is 11.6 Å². The fourth-order valence-corrected chi connectivity index (χ4v) is 3.22. The normalized spacial score (nSPS) is 11.3. The number of carbonyl (C=O) groups is 1. The number of halogens is 1. The van der Waals surface area contributed by atoms with Crippen LogP contribution in [0.25, 0.3) is 0 Å². The lowest BCUT2D eigenvalue weighted by atomic mass is 10.2. The Balaban J connectivity index is 1.73. The molecule has 1 aromatic heterocycles. The van der Waals surface area contributed by atoms with Crippen molar-refractivity contribution in [2.24, 2.45) is 0 Å². The molecule has 0 radical (unpaired) electrons. The van der Waals surface area contributed by atoms with Crippen molar-refractivity contribution in [3.8, 4) is 0 Å². The van der Waals surface area contributed by atoms with E-state index in [2.05, 4.69) is 10.0 Å². The maximum atomic E-state index is 14.2. The molecule has 1 heterocycles. The summed E-state index contributed by atoms with van der Waals surface area (Å²) in [6.07, 6.45) is 1.42. The smallest absolute Gasteiger partial charge is 0.255 e. The Morgan fingerprint density at radius 2 is 1.81 bits per heavy atom. The summed E-state index contributed by atoms with van der Waals surface area (Å²) in [5.74, 6) is -0.910. The van der Waals surface area contributed by atoms with Gasteiger partial charge in [-0.05, 0) is 42.5 Å². The molecule has 0 bridgehead atoms. The lowest BCUT2D eigenvalue weighted by Gasteiger charge is -2.09. The van der Waals surface area contributed by atoms with Gasteiger partial charge in [-0.25, -0.2) is 17.5 Å². The fourth-order valence-electron chi connectivity index (χ4n) is 2.21. The van der Waals surface area contributed by atoms with Crippen molar-refractivity contribution in [1.82, 2.24) is 4.72 Å². The molecule has 0 saturated carbocycles. The highest BCUT2D eigenvalue weighted by atomic mass is 32.2. The Kier molecular flexibility index (Phi) is 5.15. The van der Waals surface area contributed by atoms with Crippen molar-refractivity contribution >= 4 is 21.6 Å². The fraction of sp³-hybridized carbons (Fsp3) is 0.0556. The number of anilines is 1. The Hall–Kier alpha value is -2.97. The molecule has 0 aliphatic carbocycles. The first kappa shape index (κ1) is 17.8. The van der Waals surface area contributed by atoms with Gasteiger partial charge in [-0.1, -0.05) is 18.2 Å². The summed E-state index contributed by atoms with van der Waals surface area (Å²) < 4.78 is 46.1. The van der Waals surface area contributed by atoms with Crippen LogP contribution in [0.2, 0.25) is 0 Å². The van der Waals surface area contributed by atoms with Gasteiger partial charge in [0.25, 0.3) is 5.91 Å². The number of nitrogens with one attached hydrogen (secondary N) is 2. The third-order valence-electron chi connectivity index (χ3n) is 3.55. The highest BCUT2D eigenvalue weighted by Gasteiger charge is 2.17. The molecule has 2 aromatic carbocycles. The van der Waals surface area contributed by atoms with Crippen LogP contribution in [0.4, 0.5) is 10.1 Å². The van der Waals surface area contributed by atoms with Gasteiger partial charge in [0.05, 0.1) is 23.4 Å². The topological polar surface area (TPSA) is 88.4 Å². The molecule has 0 fully saturated rings. The lowest BCUT2D eigenvalue weighted by Crippen LogP contribution is -2.23. The zero-order chi connectivity index (χ0) is 18.6. The number of rotatable bonds is 6. The van der Waals surface area contributed by atoms with Gasteiger partial charge in [0.15, 0.2) is 0 Å². The number of amides is 1. The number of furan rings is 1. The number of hydrogen-bond acceptors (Lipinski definition) is 4. The summed E-state index contributed by atoms with van der Waals surface area (Å²) >= 11 is 0. The highest BCUT2D eigenvalue weighted by molar-refractivity contribution is 7.89. The first-order chi connectivity index (χ1) is 12.5. The van der Waals surface area contributed by atoms with E-state index in [1.165, 1.54) is 18.4 Å². The molecule has 0 atom stereocenters. The first-order valence-corrected chi connectivity index (χ1v) is 9.12. The minimum atomic E-state index is -3.92. The third kappa shape index (κ3) is 4.16. The van der Waals surface area contributed by atoms with Gasteiger partial charge in [-0.2, -0.15) is 0 Å². The lowest BCUT2D eigenvalue weighted by molar-refractivity contribution is 0.102. The molecule has 8 heteroatoms. The summed E-state index contributed by atoms with van der Waals surface area (Å²) in [4.78, 5) is 11.8. The SMILES string of the molecule is O=C(Nc1ccc(S(=O)(=O)NCc2ccco2)cc1F)c1ccccc1. The van der Waals surface area contributed by atoms with Crippen LogP contribution in [-0.4, -0.2) is 14.3 Å². The number of carbonyl (C=O) groups excluding carboxylic acids is 1. The second-order valence-electron chi connectivity index (χ2n) is 5.37. The van der Waals surface area contributed by atoms with E-state index in [0.29, 0.717) is 11.3 Å². The van der Waals surface area contributed by atoms with Crippen molar-refractivity contribution < 1.29 is 22.0 Å². The standard InChI is InChI=1S/C18H15FN2O4S/c19-16-11-15(26(23,24)20-12-14-7-4-10-25-14)8-9-17(16)21-18(22)13-5-2-1-3-6-13/h1-11,20H,12H2,(H,21,22). The van der Waals surface area contributed by atoms with Gasteiger partial charge < -0.3 is 9.73 Å². The molecule has 1 amide bonds. The van der Waals surface area contributed by atoms with E-state index in [4.69, 9.17) is 4.42 Å². The summed E-state index contributed by atoms with van der Waals surface area (Å²) in [6, 6.07) is 14.8. The van der Waals surface area contributed by atoms with Gasteiger partial charge in [0, 0.05) is 5.56 Å². The van der Waals surface area contributed by atoms with Crippen LogP contribution in [0.15, 0.2) is 76.2 Å². The Morgan fingerprint density at radius 3 is 2.46 bits per heavy atom. The monoisotopic (exact) mass is 374 g/mol. The largest absolute Gasteiger partial charge is 0.468 e. The van der Waals surface area contributed by atoms with E-state index in [9.17, 15) is 17.6 Å². The molecule has 3 rings (SSSR count). The molecule has 0 aliphatic heterocycles.